The average Bonchev–Trinajstić information content (AvgIpc) is 3.21. The van der Waals surface area contributed by atoms with Gasteiger partial charge in [-0.15, -0.1) is 0 Å². The topological polar surface area (TPSA) is 81.5 Å². The van der Waals surface area contributed by atoms with E-state index in [2.05, 4.69) is 21.0 Å². The van der Waals surface area contributed by atoms with Crippen LogP contribution in [-0.2, 0) is 9.84 Å². The molecule has 0 aliphatic carbocycles. The van der Waals surface area contributed by atoms with Crippen LogP contribution in [0.5, 0.6) is 5.75 Å². The summed E-state index contributed by atoms with van der Waals surface area (Å²) in [6, 6.07) is 14.0. The number of benzene rings is 2. The first-order chi connectivity index (χ1) is 14.2. The van der Waals surface area contributed by atoms with Crippen molar-refractivity contribution in [2.45, 2.75) is 11.3 Å². The lowest BCUT2D eigenvalue weighted by atomic mass is 10.3. The second-order valence-electron chi connectivity index (χ2n) is 6.83. The maximum atomic E-state index is 12.6. The van der Waals surface area contributed by atoms with E-state index in [-0.39, 0.29) is 10.8 Å². The van der Waals surface area contributed by atoms with Crippen molar-refractivity contribution in [3.8, 4) is 11.4 Å². The van der Waals surface area contributed by atoms with Gasteiger partial charge < -0.3 is 9.64 Å². The van der Waals surface area contributed by atoms with Gasteiger partial charge in [0, 0.05) is 30.5 Å². The number of hydrogen-bond acceptors (Lipinski definition) is 5. The Bertz CT molecular complexity index is 1130. The number of rotatable bonds is 8. The van der Waals surface area contributed by atoms with Crippen molar-refractivity contribution in [3.05, 3.63) is 71.0 Å². The molecule has 30 heavy (non-hydrogen) atoms. The van der Waals surface area contributed by atoms with Crippen LogP contribution in [0.2, 0.25) is 0 Å². The number of halogens is 1. The van der Waals surface area contributed by atoms with Gasteiger partial charge in [0.05, 0.1) is 29.0 Å². The van der Waals surface area contributed by atoms with Crippen LogP contribution in [0, 0.1) is 0 Å². The standard InChI is InChI=1S/C21H22BrN3O4S/c1-24(11-4-12-29-19-5-3-6-20(13-19)30(2,27)28)21(26)16-14-23-25(15-16)18-9-7-17(22)8-10-18/h3,5-10,13-15H,4,11-12H2,1-2H3. The molecule has 1 amide bonds. The summed E-state index contributed by atoms with van der Waals surface area (Å²) >= 11 is 3.39. The molecule has 0 atom stereocenters. The van der Waals surface area contributed by atoms with E-state index < -0.39 is 9.84 Å². The lowest BCUT2D eigenvalue weighted by Crippen LogP contribution is -2.28. The van der Waals surface area contributed by atoms with Gasteiger partial charge in [0.1, 0.15) is 5.75 Å². The molecule has 1 aromatic heterocycles. The maximum Gasteiger partial charge on any atom is 0.256 e. The van der Waals surface area contributed by atoms with Crippen LogP contribution >= 0.6 is 15.9 Å². The summed E-state index contributed by atoms with van der Waals surface area (Å²) < 4.78 is 31.5. The smallest absolute Gasteiger partial charge is 0.256 e. The summed E-state index contributed by atoms with van der Waals surface area (Å²) in [5.74, 6) is 0.361. The minimum Gasteiger partial charge on any atom is -0.493 e. The highest BCUT2D eigenvalue weighted by Crippen LogP contribution is 2.18. The molecule has 0 saturated heterocycles. The van der Waals surface area contributed by atoms with Gasteiger partial charge in [-0.05, 0) is 48.9 Å². The zero-order chi connectivity index (χ0) is 21.7. The first kappa shape index (κ1) is 22.0. The molecule has 3 rings (SSSR count). The number of nitrogens with zero attached hydrogens (tertiary/aromatic N) is 3. The van der Waals surface area contributed by atoms with Crippen molar-refractivity contribution in [3.63, 3.8) is 0 Å². The van der Waals surface area contributed by atoms with E-state index in [1.165, 1.54) is 12.1 Å². The van der Waals surface area contributed by atoms with E-state index >= 15 is 0 Å². The van der Waals surface area contributed by atoms with Crippen molar-refractivity contribution >= 4 is 31.7 Å². The number of aromatic nitrogens is 2. The predicted molar refractivity (Wildman–Crippen MR) is 118 cm³/mol. The Hall–Kier alpha value is -2.65. The van der Waals surface area contributed by atoms with E-state index in [1.54, 1.807) is 41.2 Å². The third kappa shape index (κ3) is 5.70. The fraction of sp³-hybridized carbons (Fsp3) is 0.238. The first-order valence-electron chi connectivity index (χ1n) is 9.23. The molecule has 2 aromatic carbocycles. The van der Waals surface area contributed by atoms with Gasteiger partial charge in [-0.3, -0.25) is 4.79 Å². The Morgan fingerprint density at radius 3 is 2.63 bits per heavy atom. The van der Waals surface area contributed by atoms with Gasteiger partial charge in [0.15, 0.2) is 9.84 Å². The normalized spacial score (nSPS) is 11.3. The van der Waals surface area contributed by atoms with Crippen molar-refractivity contribution in [1.29, 1.82) is 0 Å². The molecule has 0 saturated carbocycles. The van der Waals surface area contributed by atoms with Gasteiger partial charge >= 0.3 is 0 Å². The molecule has 0 aliphatic rings. The molecule has 0 aliphatic heterocycles. The highest BCUT2D eigenvalue weighted by Gasteiger charge is 2.14. The highest BCUT2D eigenvalue weighted by molar-refractivity contribution is 9.10. The van der Waals surface area contributed by atoms with Crippen LogP contribution in [0.4, 0.5) is 0 Å². The van der Waals surface area contributed by atoms with Crippen LogP contribution in [0.3, 0.4) is 0 Å². The van der Waals surface area contributed by atoms with Gasteiger partial charge in [-0.1, -0.05) is 22.0 Å². The van der Waals surface area contributed by atoms with Crippen molar-refractivity contribution < 1.29 is 17.9 Å². The second kappa shape index (κ2) is 9.44. The zero-order valence-corrected chi connectivity index (χ0v) is 19.1. The molecule has 9 heteroatoms. The minimum absolute atomic E-state index is 0.127. The SMILES string of the molecule is CN(CCCOc1cccc(S(C)(=O)=O)c1)C(=O)c1cnn(-c2ccc(Br)cc2)c1. The van der Waals surface area contributed by atoms with Crippen LogP contribution in [0.15, 0.2) is 70.3 Å². The molecule has 1 heterocycles. The molecule has 0 fully saturated rings. The van der Waals surface area contributed by atoms with E-state index in [4.69, 9.17) is 4.74 Å². The van der Waals surface area contributed by atoms with Gasteiger partial charge in [0.2, 0.25) is 0 Å². The Labute approximate surface area is 184 Å². The number of amides is 1. The molecule has 0 bridgehead atoms. The summed E-state index contributed by atoms with van der Waals surface area (Å²) in [5, 5.41) is 4.26. The van der Waals surface area contributed by atoms with Crippen molar-refractivity contribution in [2.24, 2.45) is 0 Å². The zero-order valence-electron chi connectivity index (χ0n) is 16.7. The lowest BCUT2D eigenvalue weighted by Gasteiger charge is -2.16. The second-order valence-corrected chi connectivity index (χ2v) is 9.76. The number of sulfone groups is 1. The monoisotopic (exact) mass is 491 g/mol. The molecule has 158 valence electrons. The van der Waals surface area contributed by atoms with Crippen molar-refractivity contribution in [1.82, 2.24) is 14.7 Å². The first-order valence-corrected chi connectivity index (χ1v) is 11.9. The number of carbonyl (C=O) groups is 1. The Balaban J connectivity index is 1.51. The molecule has 0 unspecified atom stereocenters. The molecule has 0 N–H and O–H groups in total. The van der Waals surface area contributed by atoms with E-state index in [0.29, 0.717) is 30.9 Å². The average molecular weight is 492 g/mol. The van der Waals surface area contributed by atoms with Gasteiger partial charge in [0.25, 0.3) is 5.91 Å². The van der Waals surface area contributed by atoms with Gasteiger partial charge in [-0.2, -0.15) is 5.10 Å². The van der Waals surface area contributed by atoms with Gasteiger partial charge in [-0.25, -0.2) is 13.1 Å². The van der Waals surface area contributed by atoms with Crippen LogP contribution in [-0.4, -0.2) is 55.5 Å². The summed E-state index contributed by atoms with van der Waals surface area (Å²) in [6.45, 7) is 0.858. The fourth-order valence-corrected chi connectivity index (χ4v) is 3.70. The lowest BCUT2D eigenvalue weighted by molar-refractivity contribution is 0.0788. The molecule has 0 spiro atoms. The predicted octanol–water partition coefficient (Wildman–Crippen LogP) is 3.58. The molecule has 3 aromatic rings. The fourth-order valence-electron chi connectivity index (χ4n) is 2.78. The summed E-state index contributed by atoms with van der Waals surface area (Å²) in [7, 11) is -1.55. The minimum atomic E-state index is -3.27. The van der Waals surface area contributed by atoms with E-state index in [1.807, 2.05) is 24.3 Å². The Morgan fingerprint density at radius 2 is 1.93 bits per heavy atom. The maximum absolute atomic E-state index is 12.6. The quantitative estimate of drug-likeness (QED) is 0.449. The van der Waals surface area contributed by atoms with E-state index in [9.17, 15) is 13.2 Å². The van der Waals surface area contributed by atoms with Crippen LogP contribution in [0.25, 0.3) is 5.69 Å². The Kier molecular flexibility index (Phi) is 6.94. The van der Waals surface area contributed by atoms with Crippen LogP contribution in [0.1, 0.15) is 16.8 Å². The number of carbonyl (C=O) groups excluding carboxylic acids is 1. The van der Waals surface area contributed by atoms with Crippen LogP contribution < -0.4 is 4.74 Å². The molecule has 7 nitrogen and oxygen atoms in total. The third-order valence-electron chi connectivity index (χ3n) is 4.41. The number of hydrogen-bond donors (Lipinski definition) is 0. The molecular weight excluding hydrogens is 470 g/mol. The third-order valence-corrected chi connectivity index (χ3v) is 6.05. The molecular formula is C21H22BrN3O4S. The van der Waals surface area contributed by atoms with E-state index in [0.717, 1.165) is 16.4 Å². The summed E-state index contributed by atoms with van der Waals surface area (Å²) in [4.78, 5) is 14.4. The Morgan fingerprint density at radius 1 is 1.20 bits per heavy atom. The van der Waals surface area contributed by atoms with Crippen molar-refractivity contribution in [2.75, 3.05) is 26.5 Å². The largest absolute Gasteiger partial charge is 0.493 e. The highest BCUT2D eigenvalue weighted by atomic mass is 79.9. The summed E-state index contributed by atoms with van der Waals surface area (Å²) in [6.07, 6.45) is 5.01. The number of ether oxygens (including phenoxy) is 1. The summed E-state index contributed by atoms with van der Waals surface area (Å²) in [5.41, 5.74) is 1.37. The molecule has 0 radical (unpaired) electrons.